The quantitative estimate of drug-likeness (QED) is 0.433. The summed E-state index contributed by atoms with van der Waals surface area (Å²) in [7, 11) is 0. The smallest absolute Gasteiger partial charge is 0.0334 e. The molecule has 0 saturated carbocycles. The van der Waals surface area contributed by atoms with E-state index in [9.17, 15) is 0 Å². The van der Waals surface area contributed by atoms with Crippen molar-refractivity contribution in [1.82, 2.24) is 0 Å². The summed E-state index contributed by atoms with van der Waals surface area (Å²) >= 11 is 0. The first-order chi connectivity index (χ1) is 10.9. The lowest BCUT2D eigenvalue weighted by molar-refractivity contribution is 1.40. The molecule has 0 fully saturated rings. The molecule has 0 aromatic heterocycles. The van der Waals surface area contributed by atoms with E-state index in [1.54, 1.807) is 0 Å². The number of fused-ring (bicyclic) bond motifs is 2. The molecule has 2 aliphatic rings. The summed E-state index contributed by atoms with van der Waals surface area (Å²) in [5, 5.41) is 6.69. The summed E-state index contributed by atoms with van der Waals surface area (Å²) in [5.74, 6) is 0. The third kappa shape index (κ3) is 2.18. The van der Waals surface area contributed by atoms with Gasteiger partial charge in [0, 0.05) is 10.4 Å². The molecule has 22 heavy (non-hydrogen) atoms. The van der Waals surface area contributed by atoms with Crippen LogP contribution in [0.5, 0.6) is 0 Å². The SMILES string of the molecule is C1=C=C=c2ccccc2=c2ccc(cc2)=c2ccccc2=C=1. The fourth-order valence-corrected chi connectivity index (χ4v) is 2.71. The first-order valence-corrected chi connectivity index (χ1v) is 7.23. The minimum Gasteiger partial charge on any atom is -0.0616 e. The maximum Gasteiger partial charge on any atom is 0.0334 e. The van der Waals surface area contributed by atoms with E-state index >= 15 is 0 Å². The number of rotatable bonds is 0. The zero-order valence-electron chi connectivity index (χ0n) is 11.9. The molecule has 0 atom stereocenters. The Morgan fingerprint density at radius 3 is 1.32 bits per heavy atom. The zero-order chi connectivity index (χ0) is 14.8. The van der Waals surface area contributed by atoms with Gasteiger partial charge in [-0.05, 0) is 44.5 Å². The van der Waals surface area contributed by atoms with Crippen LogP contribution in [-0.2, 0) is 0 Å². The molecular weight excluding hydrogens is 264 g/mol. The van der Waals surface area contributed by atoms with E-state index in [0.29, 0.717) is 0 Å². The normalized spacial score (nSPS) is 10.7. The van der Waals surface area contributed by atoms with Gasteiger partial charge in [-0.25, -0.2) is 0 Å². The van der Waals surface area contributed by atoms with Gasteiger partial charge in [0.25, 0.3) is 0 Å². The first-order valence-electron chi connectivity index (χ1n) is 7.23. The van der Waals surface area contributed by atoms with Crippen molar-refractivity contribution >= 4 is 11.5 Å². The highest BCUT2D eigenvalue weighted by Crippen LogP contribution is 1.98. The molecule has 0 nitrogen and oxygen atoms in total. The molecule has 2 bridgehead atoms. The van der Waals surface area contributed by atoms with E-state index in [1.165, 1.54) is 10.4 Å². The molecule has 0 unspecified atom stereocenters. The topological polar surface area (TPSA) is 0 Å². The fourth-order valence-electron chi connectivity index (χ4n) is 2.71. The van der Waals surface area contributed by atoms with Gasteiger partial charge in [0.05, 0.1) is 0 Å². The van der Waals surface area contributed by atoms with Crippen LogP contribution in [0.25, 0.3) is 11.5 Å². The Morgan fingerprint density at radius 1 is 0.455 bits per heavy atom. The van der Waals surface area contributed by atoms with Crippen LogP contribution in [0.3, 0.4) is 0 Å². The molecule has 5 rings (SSSR count). The fraction of sp³-hybridized carbons (Fsp3) is 0. The molecule has 2 aliphatic carbocycles. The van der Waals surface area contributed by atoms with Gasteiger partial charge >= 0.3 is 0 Å². The molecule has 3 aromatic rings. The van der Waals surface area contributed by atoms with Crippen molar-refractivity contribution < 1.29 is 0 Å². The van der Waals surface area contributed by atoms with Gasteiger partial charge in [0.15, 0.2) is 0 Å². The average Bonchev–Trinajstić information content (AvgIpc) is 2.58. The van der Waals surface area contributed by atoms with E-state index in [-0.39, 0.29) is 0 Å². The molecule has 0 spiro atoms. The van der Waals surface area contributed by atoms with Crippen LogP contribution in [0, 0.1) is 20.9 Å². The summed E-state index contributed by atoms with van der Waals surface area (Å²) in [6.45, 7) is 0. The predicted octanol–water partition coefficient (Wildman–Crippen LogP) is 2.90. The lowest BCUT2D eigenvalue weighted by atomic mass is 10.1. The Hall–Kier alpha value is -3.22. The maximum atomic E-state index is 3.17. The highest BCUT2D eigenvalue weighted by Gasteiger charge is 1.89. The Kier molecular flexibility index (Phi) is 3.01. The molecule has 100 valence electrons. The first kappa shape index (κ1) is 12.5. The lowest BCUT2D eigenvalue weighted by Crippen LogP contribution is -2.01. The van der Waals surface area contributed by atoms with Crippen LogP contribution < -0.4 is 10.4 Å². The summed E-state index contributed by atoms with van der Waals surface area (Å²) in [4.78, 5) is 0. The average molecular weight is 276 g/mol. The molecule has 0 aliphatic heterocycles. The van der Waals surface area contributed by atoms with Gasteiger partial charge < -0.3 is 0 Å². The molecule has 0 N–H and O–H groups in total. The van der Waals surface area contributed by atoms with Crippen LogP contribution in [0.15, 0.2) is 84.3 Å². The molecule has 0 amide bonds. The Balaban J connectivity index is 2.51. The standard InChI is InChI=1S/C22H12/c1-2-8-18-10-4-6-12-22(18)20-15-13-19(14-16-20)21-11-5-3-9-17(21)7-1/h3-6,9-16H. The monoisotopic (exact) mass is 276 g/mol. The summed E-state index contributed by atoms with van der Waals surface area (Å²) in [5.41, 5.74) is 12.3. The van der Waals surface area contributed by atoms with E-state index in [0.717, 1.165) is 20.9 Å². The summed E-state index contributed by atoms with van der Waals surface area (Å²) in [6.07, 6.45) is 0. The van der Waals surface area contributed by atoms with Gasteiger partial charge in [-0.3, -0.25) is 0 Å². The van der Waals surface area contributed by atoms with E-state index in [4.69, 9.17) is 0 Å². The van der Waals surface area contributed by atoms with E-state index in [2.05, 4.69) is 59.3 Å². The van der Waals surface area contributed by atoms with E-state index in [1.807, 2.05) is 36.4 Å². The minimum atomic E-state index is 1.01. The molecule has 3 aromatic carbocycles. The molecule has 0 radical (unpaired) electrons. The van der Waals surface area contributed by atoms with Crippen molar-refractivity contribution in [3.05, 3.63) is 116 Å². The number of benzene rings is 3. The lowest BCUT2D eigenvalue weighted by Gasteiger charge is -1.93. The van der Waals surface area contributed by atoms with Gasteiger partial charge in [-0.2, -0.15) is 0 Å². The number of hydrogen-bond acceptors (Lipinski definition) is 0. The van der Waals surface area contributed by atoms with Gasteiger partial charge in [-0.1, -0.05) is 72.1 Å². The van der Waals surface area contributed by atoms with E-state index < -0.39 is 0 Å². The van der Waals surface area contributed by atoms with Crippen molar-refractivity contribution in [2.45, 2.75) is 0 Å². The van der Waals surface area contributed by atoms with Crippen LogP contribution in [0.4, 0.5) is 0 Å². The maximum absolute atomic E-state index is 3.17. The van der Waals surface area contributed by atoms with Crippen LogP contribution in [-0.4, -0.2) is 0 Å². The Labute approximate surface area is 127 Å². The van der Waals surface area contributed by atoms with Crippen molar-refractivity contribution in [2.24, 2.45) is 0 Å². The highest BCUT2D eigenvalue weighted by molar-refractivity contribution is 5.30. The second-order valence-corrected chi connectivity index (χ2v) is 5.17. The summed E-state index contributed by atoms with van der Waals surface area (Å²) < 4.78 is 0. The second kappa shape index (κ2) is 5.28. The van der Waals surface area contributed by atoms with Crippen molar-refractivity contribution in [3.8, 4) is 0 Å². The van der Waals surface area contributed by atoms with Gasteiger partial charge in [0.2, 0.25) is 0 Å². The number of hydrogen-bond donors (Lipinski definition) is 0. The van der Waals surface area contributed by atoms with Gasteiger partial charge in [-0.15, -0.1) is 0 Å². The predicted molar refractivity (Wildman–Crippen MR) is 87.8 cm³/mol. The highest BCUT2D eigenvalue weighted by atomic mass is 13.9. The Bertz CT molecular complexity index is 1180. The molecular formula is C22H12. The van der Waals surface area contributed by atoms with Crippen LogP contribution >= 0.6 is 0 Å². The minimum absolute atomic E-state index is 1.01. The van der Waals surface area contributed by atoms with Crippen molar-refractivity contribution in [3.63, 3.8) is 0 Å². The van der Waals surface area contributed by atoms with Crippen LogP contribution in [0.2, 0.25) is 0 Å². The van der Waals surface area contributed by atoms with Gasteiger partial charge in [0.1, 0.15) is 0 Å². The Morgan fingerprint density at radius 2 is 0.864 bits per heavy atom. The third-order valence-electron chi connectivity index (χ3n) is 3.82. The molecule has 0 heterocycles. The zero-order valence-corrected chi connectivity index (χ0v) is 11.9. The summed E-state index contributed by atoms with van der Waals surface area (Å²) in [6, 6.07) is 25.0. The van der Waals surface area contributed by atoms with Crippen molar-refractivity contribution in [1.29, 1.82) is 0 Å². The molecule has 0 heteroatoms. The van der Waals surface area contributed by atoms with Crippen molar-refractivity contribution in [2.75, 3.05) is 0 Å². The second-order valence-electron chi connectivity index (χ2n) is 5.17. The largest absolute Gasteiger partial charge is 0.0616 e. The molecule has 0 saturated heterocycles. The third-order valence-corrected chi connectivity index (χ3v) is 3.82. The van der Waals surface area contributed by atoms with Crippen LogP contribution in [0.1, 0.15) is 0 Å².